The fourth-order valence-corrected chi connectivity index (χ4v) is 4.48. The number of aromatic nitrogens is 1. The van der Waals surface area contributed by atoms with Gasteiger partial charge in [-0.3, -0.25) is 4.79 Å². The van der Waals surface area contributed by atoms with E-state index in [1.807, 2.05) is 12.1 Å². The summed E-state index contributed by atoms with van der Waals surface area (Å²) < 4.78 is 7.69. The first kappa shape index (κ1) is 20.5. The average Bonchev–Trinajstić information content (AvgIpc) is 3.51. The summed E-state index contributed by atoms with van der Waals surface area (Å²) in [6.07, 6.45) is 7.79. The summed E-state index contributed by atoms with van der Waals surface area (Å²) >= 11 is 0. The van der Waals surface area contributed by atoms with E-state index in [9.17, 15) is 9.59 Å². The van der Waals surface area contributed by atoms with Gasteiger partial charge in [-0.15, -0.1) is 0 Å². The largest absolute Gasteiger partial charge is 0.449 e. The number of hydrogen-bond donors (Lipinski definition) is 1. The molecule has 0 spiro atoms. The Labute approximate surface area is 178 Å². The van der Waals surface area contributed by atoms with Crippen LogP contribution in [0.5, 0.6) is 0 Å². The molecule has 0 bridgehead atoms. The Morgan fingerprint density at radius 2 is 1.97 bits per heavy atom. The molecule has 0 aliphatic heterocycles. The van der Waals surface area contributed by atoms with Crippen molar-refractivity contribution in [1.82, 2.24) is 9.88 Å². The van der Waals surface area contributed by atoms with Crippen LogP contribution in [0.4, 0.5) is 0 Å². The lowest BCUT2D eigenvalue weighted by Crippen LogP contribution is -2.39. The summed E-state index contributed by atoms with van der Waals surface area (Å²) in [5, 5.41) is 3.05. The molecule has 5 heteroatoms. The number of amides is 1. The van der Waals surface area contributed by atoms with Crippen LogP contribution in [0.25, 0.3) is 6.08 Å². The Kier molecular flexibility index (Phi) is 5.80. The van der Waals surface area contributed by atoms with Crippen molar-refractivity contribution >= 4 is 18.0 Å². The molecule has 30 heavy (non-hydrogen) atoms. The molecule has 2 aromatic rings. The van der Waals surface area contributed by atoms with Crippen molar-refractivity contribution in [1.29, 1.82) is 0 Å². The second-order valence-corrected chi connectivity index (χ2v) is 8.49. The fraction of sp³-hybridized carbons (Fsp3) is 0.440. The number of hydrogen-bond acceptors (Lipinski definition) is 3. The van der Waals surface area contributed by atoms with Crippen molar-refractivity contribution in [3.05, 3.63) is 64.5 Å². The lowest BCUT2D eigenvalue weighted by atomic mass is 9.87. The highest BCUT2D eigenvalue weighted by atomic mass is 16.5. The third-order valence-corrected chi connectivity index (χ3v) is 6.18. The van der Waals surface area contributed by atoms with Gasteiger partial charge in [0, 0.05) is 23.5 Å². The van der Waals surface area contributed by atoms with Gasteiger partial charge in [0.1, 0.15) is 0 Å². The van der Waals surface area contributed by atoms with Gasteiger partial charge in [0.15, 0.2) is 6.10 Å². The number of nitrogens with one attached hydrogen (secondary N) is 1. The van der Waals surface area contributed by atoms with Gasteiger partial charge in [-0.1, -0.05) is 24.3 Å². The average molecular weight is 407 g/mol. The first-order valence-corrected chi connectivity index (χ1v) is 10.9. The van der Waals surface area contributed by atoms with Crippen LogP contribution >= 0.6 is 0 Å². The molecule has 1 aromatic carbocycles. The molecule has 1 N–H and O–H groups in total. The normalized spacial score (nSPS) is 19.4. The van der Waals surface area contributed by atoms with E-state index in [0.29, 0.717) is 6.04 Å². The van der Waals surface area contributed by atoms with Crippen LogP contribution in [0, 0.1) is 13.8 Å². The SMILES string of the molecule is Cc1cc(/C=C/C(=O)O[C@H](C)C(=O)N[C@H]2CCCc3ccccc32)c(C)n1C1CC1. The molecule has 2 aliphatic carbocycles. The highest BCUT2D eigenvalue weighted by Gasteiger charge is 2.27. The minimum Gasteiger partial charge on any atom is -0.449 e. The van der Waals surface area contributed by atoms with E-state index in [1.54, 1.807) is 13.0 Å². The summed E-state index contributed by atoms with van der Waals surface area (Å²) in [4.78, 5) is 24.9. The van der Waals surface area contributed by atoms with Crippen LogP contribution in [0.2, 0.25) is 0 Å². The van der Waals surface area contributed by atoms with Crippen molar-refractivity contribution in [3.8, 4) is 0 Å². The molecule has 1 fully saturated rings. The van der Waals surface area contributed by atoms with Gasteiger partial charge in [-0.2, -0.15) is 0 Å². The number of ether oxygens (including phenoxy) is 1. The summed E-state index contributed by atoms with van der Waals surface area (Å²) in [6, 6.07) is 10.9. The van der Waals surface area contributed by atoms with Crippen LogP contribution < -0.4 is 5.32 Å². The number of nitrogens with zero attached hydrogens (tertiary/aromatic N) is 1. The van der Waals surface area contributed by atoms with Crippen molar-refractivity contribution < 1.29 is 14.3 Å². The molecule has 1 saturated carbocycles. The number of fused-ring (bicyclic) bond motifs is 1. The van der Waals surface area contributed by atoms with Crippen LogP contribution in [0.3, 0.4) is 0 Å². The zero-order chi connectivity index (χ0) is 21.3. The minimum atomic E-state index is -0.838. The molecular weight excluding hydrogens is 376 g/mol. The van der Waals surface area contributed by atoms with Gasteiger partial charge in [-0.25, -0.2) is 4.79 Å². The molecule has 5 nitrogen and oxygen atoms in total. The van der Waals surface area contributed by atoms with Gasteiger partial charge in [0.05, 0.1) is 6.04 Å². The highest BCUT2D eigenvalue weighted by Crippen LogP contribution is 2.38. The number of carbonyl (C=O) groups is 2. The summed E-state index contributed by atoms with van der Waals surface area (Å²) in [6.45, 7) is 5.79. The highest BCUT2D eigenvalue weighted by molar-refractivity contribution is 5.90. The Morgan fingerprint density at radius 3 is 2.73 bits per heavy atom. The van der Waals surface area contributed by atoms with Gasteiger partial charge in [0.25, 0.3) is 5.91 Å². The molecule has 1 aromatic heterocycles. The zero-order valence-electron chi connectivity index (χ0n) is 18.0. The molecular formula is C25H30N2O3. The first-order valence-electron chi connectivity index (χ1n) is 10.9. The third-order valence-electron chi connectivity index (χ3n) is 6.18. The Bertz CT molecular complexity index is 984. The summed E-state index contributed by atoms with van der Waals surface area (Å²) in [5.41, 5.74) is 5.85. The van der Waals surface area contributed by atoms with E-state index in [0.717, 1.165) is 24.8 Å². The van der Waals surface area contributed by atoms with Crippen LogP contribution in [-0.4, -0.2) is 22.5 Å². The molecule has 158 valence electrons. The second-order valence-electron chi connectivity index (χ2n) is 8.49. The summed E-state index contributed by atoms with van der Waals surface area (Å²) in [5.74, 6) is -0.761. The molecule has 2 atom stereocenters. The maximum atomic E-state index is 12.6. The fourth-order valence-electron chi connectivity index (χ4n) is 4.48. The topological polar surface area (TPSA) is 60.3 Å². The van der Waals surface area contributed by atoms with Gasteiger partial charge in [-0.05, 0) is 81.7 Å². The zero-order valence-corrected chi connectivity index (χ0v) is 18.0. The van der Waals surface area contributed by atoms with Crippen LogP contribution in [0.15, 0.2) is 36.4 Å². The van der Waals surface area contributed by atoms with Gasteiger partial charge in [0.2, 0.25) is 0 Å². The maximum absolute atomic E-state index is 12.6. The number of benzene rings is 1. The van der Waals surface area contributed by atoms with E-state index in [1.165, 1.54) is 41.4 Å². The quantitative estimate of drug-likeness (QED) is 0.564. The molecule has 0 radical (unpaired) electrons. The van der Waals surface area contributed by atoms with Crippen LogP contribution in [-0.2, 0) is 20.7 Å². The number of carbonyl (C=O) groups excluding carboxylic acids is 2. The van der Waals surface area contributed by atoms with E-state index in [2.05, 4.69) is 41.9 Å². The number of aryl methyl sites for hydroxylation is 2. The van der Waals surface area contributed by atoms with E-state index < -0.39 is 12.1 Å². The van der Waals surface area contributed by atoms with E-state index >= 15 is 0 Å². The van der Waals surface area contributed by atoms with Gasteiger partial charge >= 0.3 is 5.97 Å². The minimum absolute atomic E-state index is 0.0213. The molecule has 2 aliphatic rings. The second kappa shape index (κ2) is 8.50. The molecule has 0 saturated heterocycles. The molecule has 1 amide bonds. The maximum Gasteiger partial charge on any atom is 0.331 e. The lowest BCUT2D eigenvalue weighted by Gasteiger charge is -2.27. The monoisotopic (exact) mass is 406 g/mol. The standard InChI is InChI=1S/C25H30N2O3/c1-16-15-20(17(2)27(16)21-12-13-21)11-14-24(28)30-18(3)25(29)26-23-10-6-8-19-7-4-5-9-22(19)23/h4-5,7,9,11,14-15,18,21,23H,6,8,10,12-13H2,1-3H3,(H,26,29)/b14-11+/t18-,23+/m1/s1. The Hall–Kier alpha value is -2.82. The molecule has 1 heterocycles. The van der Waals surface area contributed by atoms with Crippen molar-refractivity contribution in [2.75, 3.05) is 0 Å². The van der Waals surface area contributed by atoms with Gasteiger partial charge < -0.3 is 14.6 Å². The van der Waals surface area contributed by atoms with Crippen molar-refractivity contribution in [2.24, 2.45) is 0 Å². The summed E-state index contributed by atoms with van der Waals surface area (Å²) in [7, 11) is 0. The lowest BCUT2D eigenvalue weighted by molar-refractivity contribution is -0.150. The van der Waals surface area contributed by atoms with E-state index in [-0.39, 0.29) is 11.9 Å². The van der Waals surface area contributed by atoms with Crippen molar-refractivity contribution in [2.45, 2.75) is 71.1 Å². The Balaban J connectivity index is 1.34. The molecule has 4 rings (SSSR count). The molecule has 0 unspecified atom stereocenters. The van der Waals surface area contributed by atoms with Crippen LogP contribution in [0.1, 0.15) is 72.8 Å². The van der Waals surface area contributed by atoms with Crippen molar-refractivity contribution in [3.63, 3.8) is 0 Å². The number of rotatable bonds is 6. The predicted octanol–water partition coefficient (Wildman–Crippen LogP) is 4.58. The first-order chi connectivity index (χ1) is 14.4. The predicted molar refractivity (Wildman–Crippen MR) is 117 cm³/mol. The number of esters is 1. The van der Waals surface area contributed by atoms with E-state index in [4.69, 9.17) is 4.74 Å². The smallest absolute Gasteiger partial charge is 0.331 e. The Morgan fingerprint density at radius 1 is 1.20 bits per heavy atom. The third kappa shape index (κ3) is 4.35.